The van der Waals surface area contributed by atoms with Crippen LogP contribution in [0.1, 0.15) is 11.1 Å². The number of ketones is 1. The number of benzene rings is 2. The molecule has 0 radical (unpaired) electrons. The number of hydrogen-bond donors (Lipinski definition) is 0. The van der Waals surface area contributed by atoms with Crippen LogP contribution >= 0.6 is 0 Å². The number of piperidine rings is 1. The zero-order chi connectivity index (χ0) is 22.5. The van der Waals surface area contributed by atoms with Gasteiger partial charge in [0.25, 0.3) is 5.69 Å². The zero-order valence-corrected chi connectivity index (χ0v) is 17.9. The van der Waals surface area contributed by atoms with Crippen molar-refractivity contribution in [3.63, 3.8) is 0 Å². The molecule has 0 aliphatic carbocycles. The summed E-state index contributed by atoms with van der Waals surface area (Å²) in [5.74, 6) is 1.37. The number of likely N-dealkylation sites (tertiary alicyclic amines) is 1. The quantitative estimate of drug-likeness (QED) is 0.397. The molecule has 0 saturated carbocycles. The van der Waals surface area contributed by atoms with Crippen LogP contribution in [-0.4, -0.2) is 57.1 Å². The van der Waals surface area contributed by atoms with Crippen molar-refractivity contribution < 1.29 is 23.9 Å². The smallest absolute Gasteiger partial charge is 0.270 e. The SMILES string of the molecule is COc1cc(/C=C2\CN(C)C/C(=C\c3cccc([N+](=O)[O-])c3)C2=O)cc(OC)c1OC. The van der Waals surface area contributed by atoms with Crippen molar-refractivity contribution >= 4 is 23.6 Å². The van der Waals surface area contributed by atoms with E-state index in [2.05, 4.69) is 0 Å². The topological polar surface area (TPSA) is 91.1 Å². The fraction of sp³-hybridized carbons (Fsp3) is 0.261. The minimum Gasteiger partial charge on any atom is -0.493 e. The van der Waals surface area contributed by atoms with Gasteiger partial charge in [-0.3, -0.25) is 19.8 Å². The number of ether oxygens (including phenoxy) is 3. The summed E-state index contributed by atoms with van der Waals surface area (Å²) in [6.07, 6.45) is 3.50. The normalized spacial score (nSPS) is 17.1. The Bertz CT molecular complexity index is 1050. The van der Waals surface area contributed by atoms with Gasteiger partial charge in [-0.05, 0) is 42.5 Å². The summed E-state index contributed by atoms with van der Waals surface area (Å²) in [6, 6.07) is 9.78. The van der Waals surface area contributed by atoms with E-state index in [0.717, 1.165) is 5.56 Å². The van der Waals surface area contributed by atoms with Crippen molar-refractivity contribution in [1.82, 2.24) is 4.90 Å². The third kappa shape index (κ3) is 4.92. The summed E-state index contributed by atoms with van der Waals surface area (Å²) in [4.78, 5) is 25.7. The lowest BCUT2D eigenvalue weighted by Crippen LogP contribution is -2.34. The highest BCUT2D eigenvalue weighted by Gasteiger charge is 2.24. The van der Waals surface area contributed by atoms with Crippen molar-refractivity contribution in [2.24, 2.45) is 0 Å². The number of nitrogens with zero attached hydrogens (tertiary/aromatic N) is 2. The molecule has 1 fully saturated rings. The lowest BCUT2D eigenvalue weighted by atomic mass is 9.94. The highest BCUT2D eigenvalue weighted by Crippen LogP contribution is 2.39. The average molecular weight is 424 g/mol. The van der Waals surface area contributed by atoms with Crippen molar-refractivity contribution in [3.8, 4) is 17.2 Å². The molecule has 1 heterocycles. The molecule has 0 bridgehead atoms. The maximum atomic E-state index is 13.1. The summed E-state index contributed by atoms with van der Waals surface area (Å²) in [5, 5.41) is 11.0. The number of methoxy groups -OCH3 is 3. The molecule has 0 atom stereocenters. The van der Waals surface area contributed by atoms with Crippen LogP contribution in [0.2, 0.25) is 0 Å². The van der Waals surface area contributed by atoms with Crippen molar-refractivity contribution in [2.45, 2.75) is 0 Å². The molecule has 0 aromatic heterocycles. The van der Waals surface area contributed by atoms with Gasteiger partial charge >= 0.3 is 0 Å². The number of carbonyl (C=O) groups is 1. The molecule has 1 aliphatic heterocycles. The summed E-state index contributed by atoms with van der Waals surface area (Å²) in [7, 11) is 6.52. The second kappa shape index (κ2) is 9.44. The first-order chi connectivity index (χ1) is 14.9. The molecule has 2 aromatic rings. The van der Waals surface area contributed by atoms with E-state index in [4.69, 9.17) is 14.2 Å². The third-order valence-electron chi connectivity index (χ3n) is 4.91. The van der Waals surface area contributed by atoms with Crippen LogP contribution in [0.25, 0.3) is 12.2 Å². The number of carbonyl (C=O) groups excluding carboxylic acids is 1. The Morgan fingerprint density at radius 1 is 0.935 bits per heavy atom. The van der Waals surface area contributed by atoms with Crippen molar-refractivity contribution in [1.29, 1.82) is 0 Å². The number of non-ortho nitro benzene ring substituents is 1. The third-order valence-corrected chi connectivity index (χ3v) is 4.91. The van der Waals surface area contributed by atoms with E-state index in [0.29, 0.717) is 47.0 Å². The van der Waals surface area contributed by atoms with Gasteiger partial charge in [0.05, 0.1) is 26.3 Å². The maximum absolute atomic E-state index is 13.1. The Morgan fingerprint density at radius 2 is 1.52 bits per heavy atom. The van der Waals surface area contributed by atoms with Gasteiger partial charge in [0.2, 0.25) is 5.75 Å². The van der Waals surface area contributed by atoms with Crippen LogP contribution in [0, 0.1) is 10.1 Å². The number of rotatable bonds is 6. The van der Waals surface area contributed by atoms with Crippen LogP contribution in [0.15, 0.2) is 47.5 Å². The first kappa shape index (κ1) is 22.0. The lowest BCUT2D eigenvalue weighted by Gasteiger charge is -2.26. The van der Waals surface area contributed by atoms with E-state index in [1.165, 1.54) is 33.5 Å². The summed E-state index contributed by atoms with van der Waals surface area (Å²) < 4.78 is 16.1. The Morgan fingerprint density at radius 3 is 2.03 bits per heavy atom. The van der Waals surface area contributed by atoms with Crippen LogP contribution in [0.4, 0.5) is 5.69 Å². The second-order valence-corrected chi connectivity index (χ2v) is 7.15. The predicted octanol–water partition coefficient (Wildman–Crippen LogP) is 3.60. The summed E-state index contributed by atoms with van der Waals surface area (Å²) in [6.45, 7) is 0.926. The van der Waals surface area contributed by atoms with E-state index in [1.54, 1.807) is 36.4 Å². The van der Waals surface area contributed by atoms with Gasteiger partial charge in [0.1, 0.15) is 0 Å². The predicted molar refractivity (Wildman–Crippen MR) is 118 cm³/mol. The van der Waals surface area contributed by atoms with Gasteiger partial charge < -0.3 is 14.2 Å². The number of nitro benzene ring substituents is 1. The molecule has 31 heavy (non-hydrogen) atoms. The van der Waals surface area contributed by atoms with Gasteiger partial charge in [-0.15, -0.1) is 0 Å². The molecule has 3 rings (SSSR count). The molecule has 0 N–H and O–H groups in total. The highest BCUT2D eigenvalue weighted by atomic mass is 16.6. The van der Waals surface area contributed by atoms with E-state index in [1.807, 2.05) is 11.9 Å². The minimum atomic E-state index is -0.452. The maximum Gasteiger partial charge on any atom is 0.270 e. The van der Waals surface area contributed by atoms with Crippen molar-refractivity contribution in [2.75, 3.05) is 41.5 Å². The minimum absolute atomic E-state index is 0.0147. The van der Waals surface area contributed by atoms with Gasteiger partial charge in [0, 0.05) is 36.4 Å². The van der Waals surface area contributed by atoms with E-state index in [-0.39, 0.29) is 11.5 Å². The van der Waals surface area contributed by atoms with Crippen LogP contribution in [0.3, 0.4) is 0 Å². The zero-order valence-electron chi connectivity index (χ0n) is 17.9. The standard InChI is InChI=1S/C23H24N2O6/c1-24-13-17(8-15-6-5-7-19(10-15)25(27)28)22(26)18(14-24)9-16-11-20(29-2)23(31-4)21(12-16)30-3/h5-12H,13-14H2,1-4H3/b17-8+,18-9+. The summed E-state index contributed by atoms with van der Waals surface area (Å²) >= 11 is 0. The largest absolute Gasteiger partial charge is 0.493 e. The van der Waals surface area contributed by atoms with Gasteiger partial charge in [-0.25, -0.2) is 0 Å². The molecule has 162 valence electrons. The van der Waals surface area contributed by atoms with E-state index >= 15 is 0 Å². The molecule has 0 unspecified atom stereocenters. The fourth-order valence-corrected chi connectivity index (χ4v) is 3.52. The molecule has 1 saturated heterocycles. The number of hydrogen-bond acceptors (Lipinski definition) is 7. The molecule has 8 heteroatoms. The Hall–Kier alpha value is -3.65. The first-order valence-electron chi connectivity index (χ1n) is 9.55. The Labute approximate surface area is 180 Å². The molecular formula is C23H24N2O6. The average Bonchev–Trinajstić information content (AvgIpc) is 2.76. The fourth-order valence-electron chi connectivity index (χ4n) is 3.52. The van der Waals surface area contributed by atoms with Gasteiger partial charge in [0.15, 0.2) is 17.3 Å². The van der Waals surface area contributed by atoms with E-state index < -0.39 is 4.92 Å². The highest BCUT2D eigenvalue weighted by molar-refractivity contribution is 6.14. The van der Waals surface area contributed by atoms with E-state index in [9.17, 15) is 14.9 Å². The van der Waals surface area contributed by atoms with Gasteiger partial charge in [-0.2, -0.15) is 0 Å². The number of Topliss-reactive ketones (excluding diaryl/α,β-unsaturated/α-hetero) is 1. The van der Waals surface area contributed by atoms with Crippen LogP contribution in [0.5, 0.6) is 17.2 Å². The van der Waals surface area contributed by atoms with Gasteiger partial charge in [-0.1, -0.05) is 12.1 Å². The molecular weight excluding hydrogens is 400 g/mol. The molecule has 8 nitrogen and oxygen atoms in total. The number of nitro groups is 1. The first-order valence-corrected chi connectivity index (χ1v) is 9.55. The Balaban J connectivity index is 1.99. The lowest BCUT2D eigenvalue weighted by molar-refractivity contribution is -0.384. The summed E-state index contributed by atoms with van der Waals surface area (Å²) in [5.41, 5.74) is 2.50. The molecule has 1 aliphatic rings. The van der Waals surface area contributed by atoms with Crippen LogP contribution in [-0.2, 0) is 4.79 Å². The molecule has 0 amide bonds. The Kier molecular flexibility index (Phi) is 6.71. The molecule has 0 spiro atoms. The van der Waals surface area contributed by atoms with Crippen LogP contribution < -0.4 is 14.2 Å². The van der Waals surface area contributed by atoms with Crippen molar-refractivity contribution in [3.05, 3.63) is 68.8 Å². The molecule has 2 aromatic carbocycles. The monoisotopic (exact) mass is 424 g/mol. The second-order valence-electron chi connectivity index (χ2n) is 7.15. The number of likely N-dealkylation sites (N-methyl/N-ethyl adjacent to an activating group) is 1.